The molecule has 0 bridgehead atoms. The predicted molar refractivity (Wildman–Crippen MR) is 142 cm³/mol. The Labute approximate surface area is 205 Å². The van der Waals surface area contributed by atoms with Crippen molar-refractivity contribution in [1.29, 1.82) is 0 Å². The molecule has 0 radical (unpaired) electrons. The van der Waals surface area contributed by atoms with E-state index in [1.807, 2.05) is 88.9 Å². The number of fused-ring (bicyclic) bond motifs is 1. The number of anilines is 2. The molecule has 0 aliphatic heterocycles. The van der Waals surface area contributed by atoms with Gasteiger partial charge in [0.05, 0.1) is 5.52 Å². The molecule has 0 aliphatic rings. The summed E-state index contributed by atoms with van der Waals surface area (Å²) in [5, 5.41) is 7.10. The van der Waals surface area contributed by atoms with Gasteiger partial charge in [-0.3, -0.25) is 0 Å². The Morgan fingerprint density at radius 2 is 1.63 bits per heavy atom. The van der Waals surface area contributed by atoms with Gasteiger partial charge in [0.1, 0.15) is 30.3 Å². The zero-order valence-corrected chi connectivity index (χ0v) is 20.5. The molecule has 0 atom stereocenters. The number of nitrogens with one attached hydrogen (secondary N) is 2. The third-order valence-corrected chi connectivity index (χ3v) is 5.48. The average Bonchev–Trinajstić information content (AvgIpc) is 3.22. The van der Waals surface area contributed by atoms with Crippen molar-refractivity contribution < 1.29 is 4.74 Å². The van der Waals surface area contributed by atoms with Crippen molar-refractivity contribution in [2.75, 3.05) is 19.4 Å². The van der Waals surface area contributed by atoms with Gasteiger partial charge in [-0.05, 0) is 69.0 Å². The lowest BCUT2D eigenvalue weighted by molar-refractivity contribution is 0.306. The van der Waals surface area contributed by atoms with Gasteiger partial charge in [-0.15, -0.1) is 0 Å². The molecule has 0 spiro atoms. The number of aromatic nitrogens is 4. The fraction of sp³-hybridized carbons (Fsp3) is 0.179. The SMILES string of the molecule is CNC.Cc1cnc(-c2ccc3ncnc(Nc4ccc(OCc5ccccc5)cc4)c3c2)n1C. The monoisotopic (exact) mass is 466 g/mol. The third-order valence-electron chi connectivity index (χ3n) is 5.48. The standard InChI is InChI=1S/C26H23N5O.C2H7N/c1-18-15-27-26(31(18)2)20-8-13-24-23(14-20)25(29-17-28-24)30-21-9-11-22(12-10-21)32-16-19-6-4-3-5-7-19;1-3-2/h3-15,17H,16H2,1-2H3,(H,28,29,30);3H,1-2H3. The Hall–Kier alpha value is -4.23. The molecule has 178 valence electrons. The maximum atomic E-state index is 5.88. The van der Waals surface area contributed by atoms with E-state index in [9.17, 15) is 0 Å². The Bertz CT molecular complexity index is 1380. The molecule has 0 unspecified atom stereocenters. The summed E-state index contributed by atoms with van der Waals surface area (Å²) < 4.78 is 7.96. The van der Waals surface area contributed by atoms with Crippen molar-refractivity contribution in [1.82, 2.24) is 24.8 Å². The van der Waals surface area contributed by atoms with Crippen LogP contribution in [-0.4, -0.2) is 33.6 Å². The fourth-order valence-corrected chi connectivity index (χ4v) is 3.57. The third kappa shape index (κ3) is 5.83. The normalized spacial score (nSPS) is 10.5. The molecule has 0 saturated heterocycles. The Morgan fingerprint density at radius 1 is 0.886 bits per heavy atom. The highest BCUT2D eigenvalue weighted by atomic mass is 16.5. The second kappa shape index (κ2) is 11.3. The van der Waals surface area contributed by atoms with Crippen molar-refractivity contribution in [2.45, 2.75) is 13.5 Å². The minimum Gasteiger partial charge on any atom is -0.489 e. The minimum atomic E-state index is 0.541. The van der Waals surface area contributed by atoms with Crippen LogP contribution in [0.5, 0.6) is 5.75 Å². The lowest BCUT2D eigenvalue weighted by Gasteiger charge is -2.11. The first kappa shape index (κ1) is 23.9. The molecular formula is C28H30N6O. The summed E-state index contributed by atoms with van der Waals surface area (Å²) in [5.41, 5.74) is 5.07. The lowest BCUT2D eigenvalue weighted by atomic mass is 10.1. The smallest absolute Gasteiger partial charge is 0.141 e. The molecule has 0 aliphatic carbocycles. The van der Waals surface area contributed by atoms with Crippen LogP contribution >= 0.6 is 0 Å². The zero-order valence-electron chi connectivity index (χ0n) is 20.5. The van der Waals surface area contributed by atoms with Crippen LogP contribution in [0.1, 0.15) is 11.3 Å². The summed E-state index contributed by atoms with van der Waals surface area (Å²) in [5.74, 6) is 2.49. The van der Waals surface area contributed by atoms with Gasteiger partial charge < -0.3 is 19.9 Å². The van der Waals surface area contributed by atoms with Gasteiger partial charge >= 0.3 is 0 Å². The van der Waals surface area contributed by atoms with E-state index < -0.39 is 0 Å². The Kier molecular flexibility index (Phi) is 7.70. The van der Waals surface area contributed by atoms with Crippen LogP contribution in [0.25, 0.3) is 22.3 Å². The van der Waals surface area contributed by atoms with Crippen LogP contribution in [0.15, 0.2) is 85.3 Å². The molecule has 2 heterocycles. The van der Waals surface area contributed by atoms with Gasteiger partial charge in [-0.2, -0.15) is 0 Å². The first-order valence-electron chi connectivity index (χ1n) is 11.4. The summed E-state index contributed by atoms with van der Waals surface area (Å²) in [6.45, 7) is 2.58. The van der Waals surface area contributed by atoms with Crippen LogP contribution in [0, 0.1) is 6.92 Å². The highest BCUT2D eigenvalue weighted by Gasteiger charge is 2.10. The molecule has 0 amide bonds. The van der Waals surface area contributed by atoms with Crippen LogP contribution in [-0.2, 0) is 13.7 Å². The molecule has 7 heteroatoms. The number of hydrogen-bond donors (Lipinski definition) is 2. The molecule has 35 heavy (non-hydrogen) atoms. The Morgan fingerprint density at radius 3 is 2.31 bits per heavy atom. The number of hydrogen-bond acceptors (Lipinski definition) is 6. The highest BCUT2D eigenvalue weighted by molar-refractivity contribution is 5.93. The van der Waals surface area contributed by atoms with Crippen LogP contribution < -0.4 is 15.4 Å². The predicted octanol–water partition coefficient (Wildman–Crippen LogP) is 5.50. The Balaban J connectivity index is 0.000000917. The summed E-state index contributed by atoms with van der Waals surface area (Å²) in [7, 11) is 5.77. The van der Waals surface area contributed by atoms with E-state index >= 15 is 0 Å². The second-order valence-corrected chi connectivity index (χ2v) is 8.16. The van der Waals surface area contributed by atoms with E-state index in [0.717, 1.165) is 50.8 Å². The summed E-state index contributed by atoms with van der Waals surface area (Å²) >= 11 is 0. The van der Waals surface area contributed by atoms with E-state index in [4.69, 9.17) is 4.74 Å². The van der Waals surface area contributed by atoms with Gasteiger partial charge in [-0.1, -0.05) is 30.3 Å². The number of imidazole rings is 1. The molecule has 5 aromatic rings. The average molecular weight is 467 g/mol. The van der Waals surface area contributed by atoms with Gasteiger partial charge in [0.25, 0.3) is 0 Å². The molecule has 3 aromatic carbocycles. The molecule has 5 rings (SSSR count). The number of aryl methyl sites for hydroxylation is 1. The van der Waals surface area contributed by atoms with E-state index in [-0.39, 0.29) is 0 Å². The first-order valence-corrected chi connectivity index (χ1v) is 11.4. The topological polar surface area (TPSA) is 76.9 Å². The second-order valence-electron chi connectivity index (χ2n) is 8.16. The maximum Gasteiger partial charge on any atom is 0.141 e. The fourth-order valence-electron chi connectivity index (χ4n) is 3.57. The zero-order chi connectivity index (χ0) is 24.6. The molecule has 7 nitrogen and oxygen atoms in total. The van der Waals surface area contributed by atoms with Crippen molar-refractivity contribution in [3.05, 3.63) is 96.6 Å². The van der Waals surface area contributed by atoms with Crippen LogP contribution in [0.3, 0.4) is 0 Å². The van der Waals surface area contributed by atoms with E-state index in [0.29, 0.717) is 6.61 Å². The van der Waals surface area contributed by atoms with Crippen molar-refractivity contribution in [3.8, 4) is 17.1 Å². The van der Waals surface area contributed by atoms with Gasteiger partial charge in [0.15, 0.2) is 0 Å². The number of ether oxygens (including phenoxy) is 1. The first-order chi connectivity index (χ1) is 17.1. The number of rotatable bonds is 6. The quantitative estimate of drug-likeness (QED) is 0.344. The molecule has 2 N–H and O–H groups in total. The van der Waals surface area contributed by atoms with Crippen LogP contribution in [0.2, 0.25) is 0 Å². The van der Waals surface area contributed by atoms with Crippen LogP contribution in [0.4, 0.5) is 11.5 Å². The minimum absolute atomic E-state index is 0.541. The van der Waals surface area contributed by atoms with Gasteiger partial charge in [-0.25, -0.2) is 15.0 Å². The van der Waals surface area contributed by atoms with Crippen molar-refractivity contribution in [2.24, 2.45) is 7.05 Å². The molecule has 2 aromatic heterocycles. The van der Waals surface area contributed by atoms with Gasteiger partial charge in [0.2, 0.25) is 0 Å². The van der Waals surface area contributed by atoms with Crippen molar-refractivity contribution >= 4 is 22.4 Å². The number of nitrogens with zero attached hydrogens (tertiary/aromatic N) is 4. The molecule has 0 fully saturated rings. The summed E-state index contributed by atoms with van der Waals surface area (Å²) in [6, 6.07) is 24.1. The van der Waals surface area contributed by atoms with Gasteiger partial charge in [0, 0.05) is 35.6 Å². The largest absolute Gasteiger partial charge is 0.489 e. The number of benzene rings is 3. The highest BCUT2D eigenvalue weighted by Crippen LogP contribution is 2.28. The molecular weight excluding hydrogens is 436 g/mol. The lowest BCUT2D eigenvalue weighted by Crippen LogP contribution is -1.98. The van der Waals surface area contributed by atoms with E-state index in [1.165, 1.54) is 0 Å². The summed E-state index contributed by atoms with van der Waals surface area (Å²) in [4.78, 5) is 13.4. The summed E-state index contributed by atoms with van der Waals surface area (Å²) in [6.07, 6.45) is 3.45. The maximum absolute atomic E-state index is 5.88. The molecule has 0 saturated carbocycles. The van der Waals surface area contributed by atoms with E-state index in [2.05, 4.69) is 48.4 Å². The van der Waals surface area contributed by atoms with Crippen molar-refractivity contribution in [3.63, 3.8) is 0 Å². The van der Waals surface area contributed by atoms with E-state index in [1.54, 1.807) is 6.33 Å².